The van der Waals surface area contributed by atoms with Gasteiger partial charge in [0.2, 0.25) is 6.54 Å². The van der Waals surface area contributed by atoms with E-state index in [2.05, 4.69) is 5.10 Å². The molecule has 0 bridgehead atoms. The Morgan fingerprint density at radius 2 is 1.87 bits per heavy atom. The molecule has 31 heavy (non-hydrogen) atoms. The number of rotatable bonds is 7. The predicted octanol–water partition coefficient (Wildman–Crippen LogP) is 1.65. The summed E-state index contributed by atoms with van der Waals surface area (Å²) in [6, 6.07) is 5.68. The Bertz CT molecular complexity index is 902. The Balaban J connectivity index is 0.00000151. The van der Waals surface area contributed by atoms with Crippen LogP contribution in [-0.4, -0.2) is 50.8 Å². The largest absolute Gasteiger partial charge is 0.480 e. The van der Waals surface area contributed by atoms with Crippen LogP contribution in [0.5, 0.6) is 0 Å². The third-order valence-electron chi connectivity index (χ3n) is 3.87. The number of hydrogen-bond donors (Lipinski definition) is 3. The van der Waals surface area contributed by atoms with Crippen molar-refractivity contribution in [3.63, 3.8) is 0 Å². The third-order valence-corrected chi connectivity index (χ3v) is 3.87. The number of nitrogens with zero attached hydrogens (tertiary/aromatic N) is 3. The van der Waals surface area contributed by atoms with E-state index in [0.29, 0.717) is 0 Å². The summed E-state index contributed by atoms with van der Waals surface area (Å²) in [5.41, 5.74) is 2.73. The summed E-state index contributed by atoms with van der Waals surface area (Å²) in [5, 5.41) is 25.6. The molecule has 0 aliphatic heterocycles. The molecular weight excluding hydrogens is 423 g/mol. The van der Waals surface area contributed by atoms with Gasteiger partial charge in [-0.05, 0) is 12.1 Å². The first-order chi connectivity index (χ1) is 14.4. The van der Waals surface area contributed by atoms with Crippen molar-refractivity contribution >= 4 is 11.9 Å². The lowest BCUT2D eigenvalue weighted by Crippen LogP contribution is -2.47. The van der Waals surface area contributed by atoms with E-state index < -0.39 is 52.7 Å². The van der Waals surface area contributed by atoms with Gasteiger partial charge in [-0.2, -0.15) is 18.3 Å². The van der Waals surface area contributed by atoms with Crippen LogP contribution < -0.4 is 11.1 Å². The Morgan fingerprint density at radius 3 is 2.32 bits per heavy atom. The number of nitrogens with one attached hydrogen (secondary N) is 1. The predicted molar refractivity (Wildman–Crippen MR) is 103 cm³/mol. The van der Waals surface area contributed by atoms with Crippen LogP contribution in [0, 0.1) is 10.1 Å². The van der Waals surface area contributed by atoms with Gasteiger partial charge in [0.25, 0.3) is 5.91 Å². The number of aryl methyl sites for hydroxylation is 1. The molecule has 170 valence electrons. The van der Waals surface area contributed by atoms with Crippen LogP contribution in [0.2, 0.25) is 0 Å². The number of nitrogens with two attached hydrogens (primary N) is 1. The molecule has 10 nitrogen and oxygen atoms in total. The number of aromatic nitrogens is 2. The maximum atomic E-state index is 13.1. The number of aliphatic carboxylic acids is 1. The monoisotopic (exact) mass is 445 g/mol. The highest BCUT2D eigenvalue weighted by molar-refractivity contribution is 5.97. The van der Waals surface area contributed by atoms with Gasteiger partial charge < -0.3 is 16.2 Å². The van der Waals surface area contributed by atoms with Crippen LogP contribution in [0.15, 0.2) is 36.5 Å². The normalized spacial score (nSPS) is 12.8. The second-order valence-corrected chi connectivity index (χ2v) is 6.29. The van der Waals surface area contributed by atoms with E-state index in [0.717, 1.165) is 17.4 Å². The molecule has 0 fully saturated rings. The number of benzene rings is 1. The minimum atomic E-state index is -4.94. The van der Waals surface area contributed by atoms with Gasteiger partial charge in [-0.3, -0.25) is 19.6 Å². The van der Waals surface area contributed by atoms with E-state index in [1.54, 1.807) is 6.07 Å². The average molecular weight is 445 g/mol. The SMILES string of the molecule is CCN.Cn1cc(C(=O)NC(C(=O)O)C(C[N+](=O)[O-])c2ccccc2)c(C(F)(F)F)n1. The van der Waals surface area contributed by atoms with Crippen molar-refractivity contribution in [2.45, 2.75) is 25.1 Å². The number of carboxylic acids is 1. The minimum absolute atomic E-state index is 0.245. The fourth-order valence-electron chi connectivity index (χ4n) is 2.68. The summed E-state index contributed by atoms with van der Waals surface area (Å²) in [6.45, 7) is 1.81. The van der Waals surface area contributed by atoms with E-state index in [-0.39, 0.29) is 5.56 Å². The molecule has 0 saturated heterocycles. The average Bonchev–Trinajstić information content (AvgIpc) is 3.08. The zero-order valence-electron chi connectivity index (χ0n) is 16.7. The molecule has 2 unspecified atom stereocenters. The Labute approximate surface area is 175 Å². The molecule has 1 aromatic carbocycles. The Kier molecular flexibility index (Phi) is 9.12. The van der Waals surface area contributed by atoms with Gasteiger partial charge in [0.05, 0.1) is 11.5 Å². The smallest absolute Gasteiger partial charge is 0.435 e. The van der Waals surface area contributed by atoms with E-state index >= 15 is 0 Å². The quantitative estimate of drug-likeness (QED) is 0.432. The summed E-state index contributed by atoms with van der Waals surface area (Å²) in [5.74, 6) is -4.28. The van der Waals surface area contributed by atoms with Crippen molar-refractivity contribution in [1.29, 1.82) is 0 Å². The summed E-state index contributed by atoms with van der Waals surface area (Å²) < 4.78 is 39.9. The fraction of sp³-hybridized carbons (Fsp3) is 0.389. The molecule has 1 amide bonds. The van der Waals surface area contributed by atoms with E-state index in [1.807, 2.05) is 12.2 Å². The zero-order valence-corrected chi connectivity index (χ0v) is 16.7. The summed E-state index contributed by atoms with van der Waals surface area (Å²) in [7, 11) is 1.17. The molecule has 0 aliphatic rings. The van der Waals surface area contributed by atoms with Gasteiger partial charge >= 0.3 is 12.1 Å². The summed E-state index contributed by atoms with van der Waals surface area (Å²) in [6.07, 6.45) is -4.14. The summed E-state index contributed by atoms with van der Waals surface area (Å²) >= 11 is 0. The van der Waals surface area contributed by atoms with E-state index in [9.17, 15) is 38.0 Å². The number of halogens is 3. The number of hydrogen-bond acceptors (Lipinski definition) is 6. The molecule has 4 N–H and O–H groups in total. The highest BCUT2D eigenvalue weighted by atomic mass is 19.4. The van der Waals surface area contributed by atoms with Gasteiger partial charge in [-0.15, -0.1) is 0 Å². The van der Waals surface area contributed by atoms with Crippen molar-refractivity contribution in [1.82, 2.24) is 15.1 Å². The standard InChI is InChI=1S/C16H15F3N4O5.C2H7N/c1-22-7-11(13(21-22)16(17,18)19)14(24)20-12(15(25)26)10(8-23(27)28)9-5-3-2-4-6-9;1-2-3/h2-7,10,12H,8H2,1H3,(H,20,24)(H,25,26);2-3H2,1H3. The first kappa shape index (κ1) is 25.6. The lowest BCUT2D eigenvalue weighted by molar-refractivity contribution is -0.483. The van der Waals surface area contributed by atoms with Crippen molar-refractivity contribution < 1.29 is 32.8 Å². The molecule has 2 aromatic rings. The molecule has 13 heteroatoms. The first-order valence-corrected chi connectivity index (χ1v) is 8.93. The van der Waals surface area contributed by atoms with Crippen LogP contribution in [0.25, 0.3) is 0 Å². The molecule has 0 saturated carbocycles. The van der Waals surface area contributed by atoms with Gasteiger partial charge in [-0.1, -0.05) is 37.3 Å². The molecule has 1 heterocycles. The van der Waals surface area contributed by atoms with Crippen LogP contribution in [0.3, 0.4) is 0 Å². The molecule has 2 rings (SSSR count). The maximum Gasteiger partial charge on any atom is 0.435 e. The number of alkyl halides is 3. The van der Waals surface area contributed by atoms with Gasteiger partial charge in [-0.25, -0.2) is 4.79 Å². The summed E-state index contributed by atoms with van der Waals surface area (Å²) in [4.78, 5) is 34.3. The highest BCUT2D eigenvalue weighted by Crippen LogP contribution is 2.31. The van der Waals surface area contributed by atoms with Crippen LogP contribution in [0.4, 0.5) is 13.2 Å². The number of carbonyl (C=O) groups is 2. The molecule has 0 spiro atoms. The number of carboxylic acid groups (broad SMARTS) is 1. The third kappa shape index (κ3) is 7.37. The number of amides is 1. The molecule has 2 atom stereocenters. The van der Waals surface area contributed by atoms with Crippen LogP contribution >= 0.6 is 0 Å². The highest BCUT2D eigenvalue weighted by Gasteiger charge is 2.41. The van der Waals surface area contributed by atoms with E-state index in [1.165, 1.54) is 31.3 Å². The second-order valence-electron chi connectivity index (χ2n) is 6.29. The van der Waals surface area contributed by atoms with E-state index in [4.69, 9.17) is 5.73 Å². The van der Waals surface area contributed by atoms with Crippen molar-refractivity contribution in [3.8, 4) is 0 Å². The zero-order chi connectivity index (χ0) is 23.8. The molecule has 0 aliphatic carbocycles. The fourth-order valence-corrected chi connectivity index (χ4v) is 2.68. The molecule has 0 radical (unpaired) electrons. The van der Waals surface area contributed by atoms with Crippen molar-refractivity contribution in [2.75, 3.05) is 13.1 Å². The van der Waals surface area contributed by atoms with Gasteiger partial charge in [0.1, 0.15) is 6.04 Å². The second kappa shape index (κ2) is 11.1. The lowest BCUT2D eigenvalue weighted by Gasteiger charge is -2.22. The minimum Gasteiger partial charge on any atom is -0.480 e. The molecular formula is C18H22F3N5O5. The van der Waals surface area contributed by atoms with Crippen LogP contribution in [0.1, 0.15) is 34.5 Å². The van der Waals surface area contributed by atoms with Gasteiger partial charge in [0.15, 0.2) is 5.69 Å². The Morgan fingerprint density at radius 1 is 1.32 bits per heavy atom. The number of nitro groups is 1. The Hall–Kier alpha value is -3.48. The van der Waals surface area contributed by atoms with Crippen molar-refractivity contribution in [3.05, 3.63) is 63.5 Å². The number of carbonyl (C=O) groups excluding carboxylic acids is 1. The molecule has 1 aromatic heterocycles. The van der Waals surface area contributed by atoms with Gasteiger partial charge in [0, 0.05) is 18.2 Å². The lowest BCUT2D eigenvalue weighted by atomic mass is 9.91. The van der Waals surface area contributed by atoms with Crippen molar-refractivity contribution in [2.24, 2.45) is 12.8 Å². The van der Waals surface area contributed by atoms with Crippen LogP contribution in [-0.2, 0) is 18.0 Å². The topological polar surface area (TPSA) is 153 Å². The first-order valence-electron chi connectivity index (χ1n) is 8.93. The maximum absolute atomic E-state index is 13.1.